The number of unbranched alkanes of at least 4 members (excludes halogenated alkanes) is 3. The molecule has 0 bridgehead atoms. The second kappa shape index (κ2) is 13.5. The van der Waals surface area contributed by atoms with E-state index in [1.165, 1.54) is 30.4 Å². The summed E-state index contributed by atoms with van der Waals surface area (Å²) in [7, 11) is 4.02. The van der Waals surface area contributed by atoms with Crippen molar-refractivity contribution >= 4 is 5.96 Å². The smallest absolute Gasteiger partial charge is 0.191 e. The van der Waals surface area contributed by atoms with E-state index in [-0.39, 0.29) is 0 Å². The minimum Gasteiger partial charge on any atom is -0.493 e. The van der Waals surface area contributed by atoms with Crippen molar-refractivity contribution in [2.75, 3.05) is 53.4 Å². The van der Waals surface area contributed by atoms with E-state index < -0.39 is 0 Å². The molecule has 170 valence electrons. The lowest BCUT2D eigenvalue weighted by Gasteiger charge is -2.36. The molecule has 1 aliphatic rings. The van der Waals surface area contributed by atoms with Gasteiger partial charge in [0.05, 0.1) is 6.61 Å². The highest BCUT2D eigenvalue weighted by molar-refractivity contribution is 5.79. The monoisotopic (exact) mass is 417 g/mol. The van der Waals surface area contributed by atoms with Crippen molar-refractivity contribution in [1.29, 1.82) is 0 Å². The average molecular weight is 418 g/mol. The van der Waals surface area contributed by atoms with Crippen molar-refractivity contribution in [3.8, 4) is 5.75 Å². The van der Waals surface area contributed by atoms with Gasteiger partial charge < -0.3 is 20.3 Å². The molecule has 1 aliphatic heterocycles. The Hall–Kier alpha value is -1.79. The number of nitrogens with one attached hydrogen (secondary N) is 2. The van der Waals surface area contributed by atoms with Crippen LogP contribution in [0.15, 0.2) is 23.2 Å². The maximum atomic E-state index is 6.11. The van der Waals surface area contributed by atoms with Gasteiger partial charge in [-0.05, 0) is 38.9 Å². The summed E-state index contributed by atoms with van der Waals surface area (Å²) in [6.45, 7) is 13.6. The topological polar surface area (TPSA) is 52.1 Å². The molecule has 6 nitrogen and oxygen atoms in total. The third-order valence-corrected chi connectivity index (χ3v) is 5.87. The number of hydrogen-bond donors (Lipinski definition) is 2. The highest BCUT2D eigenvalue weighted by Crippen LogP contribution is 2.21. The van der Waals surface area contributed by atoms with Gasteiger partial charge in [0, 0.05) is 57.9 Å². The summed E-state index contributed by atoms with van der Waals surface area (Å²) in [6.07, 6.45) is 4.87. The number of aryl methyl sites for hydroxylation is 1. The molecule has 1 fully saturated rings. The molecule has 0 radical (unpaired) electrons. The lowest BCUT2D eigenvalue weighted by Crippen LogP contribution is -2.52. The van der Waals surface area contributed by atoms with E-state index in [4.69, 9.17) is 4.74 Å². The fraction of sp³-hybridized carbons (Fsp3) is 0.708. The number of likely N-dealkylation sites (N-methyl/N-ethyl adjacent to an activating group) is 1. The number of ether oxygens (including phenoxy) is 1. The molecule has 30 heavy (non-hydrogen) atoms. The van der Waals surface area contributed by atoms with E-state index in [1.807, 2.05) is 7.05 Å². The summed E-state index contributed by atoms with van der Waals surface area (Å²) < 4.78 is 6.11. The first kappa shape index (κ1) is 24.5. The van der Waals surface area contributed by atoms with Crippen molar-refractivity contribution in [3.05, 3.63) is 29.3 Å². The Morgan fingerprint density at radius 3 is 2.60 bits per heavy atom. The predicted molar refractivity (Wildman–Crippen MR) is 128 cm³/mol. The molecule has 2 rings (SSSR count). The van der Waals surface area contributed by atoms with Gasteiger partial charge in [0.25, 0.3) is 0 Å². The van der Waals surface area contributed by atoms with Crippen LogP contribution in [0.1, 0.15) is 50.7 Å². The first-order valence-corrected chi connectivity index (χ1v) is 11.6. The molecule has 6 heteroatoms. The Morgan fingerprint density at radius 2 is 1.90 bits per heavy atom. The highest BCUT2D eigenvalue weighted by Gasteiger charge is 2.19. The van der Waals surface area contributed by atoms with Gasteiger partial charge in [-0.3, -0.25) is 9.89 Å². The van der Waals surface area contributed by atoms with Crippen LogP contribution in [-0.2, 0) is 6.54 Å². The molecule has 1 unspecified atom stereocenters. The molecule has 0 aliphatic carbocycles. The Kier molecular flexibility index (Phi) is 11.0. The van der Waals surface area contributed by atoms with Crippen molar-refractivity contribution in [2.24, 2.45) is 4.99 Å². The third kappa shape index (κ3) is 8.52. The quantitative estimate of drug-likeness (QED) is 0.329. The molecule has 1 saturated heterocycles. The normalized spacial score (nSPS) is 17.0. The van der Waals surface area contributed by atoms with Crippen molar-refractivity contribution in [1.82, 2.24) is 20.4 Å². The van der Waals surface area contributed by atoms with Crippen LogP contribution in [0.25, 0.3) is 0 Å². The zero-order valence-electron chi connectivity index (χ0n) is 19.8. The lowest BCUT2D eigenvalue weighted by molar-refractivity contribution is 0.120. The summed E-state index contributed by atoms with van der Waals surface area (Å²) in [5, 5.41) is 6.94. The number of aliphatic imine (C=N–C) groups is 1. The maximum Gasteiger partial charge on any atom is 0.191 e. The van der Waals surface area contributed by atoms with Crippen molar-refractivity contribution in [2.45, 2.75) is 59.0 Å². The van der Waals surface area contributed by atoms with Crippen LogP contribution >= 0.6 is 0 Å². The molecule has 2 N–H and O–H groups in total. The summed E-state index contributed by atoms with van der Waals surface area (Å²) >= 11 is 0. The van der Waals surface area contributed by atoms with E-state index in [9.17, 15) is 0 Å². The van der Waals surface area contributed by atoms with Gasteiger partial charge in [0.2, 0.25) is 0 Å². The number of rotatable bonds is 11. The Morgan fingerprint density at radius 1 is 1.13 bits per heavy atom. The van der Waals surface area contributed by atoms with E-state index in [0.29, 0.717) is 12.6 Å². The first-order chi connectivity index (χ1) is 14.5. The molecule has 1 aromatic rings. The molecular formula is C24H43N5O. The Balaban J connectivity index is 1.80. The van der Waals surface area contributed by atoms with Crippen LogP contribution in [0, 0.1) is 6.92 Å². The fourth-order valence-corrected chi connectivity index (χ4v) is 3.69. The van der Waals surface area contributed by atoms with Crippen molar-refractivity contribution in [3.63, 3.8) is 0 Å². The fourth-order valence-electron chi connectivity index (χ4n) is 3.69. The van der Waals surface area contributed by atoms with E-state index >= 15 is 0 Å². The molecule has 1 heterocycles. The minimum absolute atomic E-state index is 0.485. The molecule has 1 atom stereocenters. The highest BCUT2D eigenvalue weighted by atomic mass is 16.5. The van der Waals surface area contributed by atoms with Gasteiger partial charge in [-0.1, -0.05) is 38.3 Å². The molecule has 1 aromatic carbocycles. The number of piperazine rings is 1. The van der Waals surface area contributed by atoms with Gasteiger partial charge in [-0.25, -0.2) is 0 Å². The largest absolute Gasteiger partial charge is 0.493 e. The third-order valence-electron chi connectivity index (χ3n) is 5.87. The Labute approximate surface area is 184 Å². The summed E-state index contributed by atoms with van der Waals surface area (Å²) in [5.41, 5.74) is 2.40. The van der Waals surface area contributed by atoms with Crippen LogP contribution in [0.5, 0.6) is 5.75 Å². The molecule has 0 spiro atoms. The number of guanidine groups is 1. The Bertz CT molecular complexity index is 640. The summed E-state index contributed by atoms with van der Waals surface area (Å²) in [5.74, 6) is 1.82. The average Bonchev–Trinajstić information content (AvgIpc) is 2.75. The number of hydrogen-bond acceptors (Lipinski definition) is 4. The molecule has 0 amide bonds. The zero-order valence-corrected chi connectivity index (χ0v) is 19.8. The number of nitrogens with zero attached hydrogens (tertiary/aromatic N) is 3. The van der Waals surface area contributed by atoms with E-state index in [1.54, 1.807) is 0 Å². The van der Waals surface area contributed by atoms with Crippen LogP contribution in [0.3, 0.4) is 0 Å². The van der Waals surface area contributed by atoms with Gasteiger partial charge in [-0.2, -0.15) is 0 Å². The van der Waals surface area contributed by atoms with Gasteiger partial charge in [0.15, 0.2) is 5.96 Å². The second-order valence-corrected chi connectivity index (χ2v) is 8.52. The van der Waals surface area contributed by atoms with Gasteiger partial charge in [-0.15, -0.1) is 0 Å². The summed E-state index contributed by atoms with van der Waals surface area (Å²) in [6, 6.07) is 6.93. The molecule has 0 aromatic heterocycles. The lowest BCUT2D eigenvalue weighted by atomic mass is 10.1. The molecular weight excluding hydrogens is 374 g/mol. The van der Waals surface area contributed by atoms with Crippen LogP contribution in [0.4, 0.5) is 0 Å². The van der Waals surface area contributed by atoms with Crippen LogP contribution < -0.4 is 15.4 Å². The van der Waals surface area contributed by atoms with Gasteiger partial charge >= 0.3 is 0 Å². The zero-order chi connectivity index (χ0) is 21.8. The van der Waals surface area contributed by atoms with Crippen molar-refractivity contribution < 1.29 is 4.74 Å². The minimum atomic E-state index is 0.485. The van der Waals surface area contributed by atoms with Gasteiger partial charge in [0.1, 0.15) is 5.75 Å². The van der Waals surface area contributed by atoms with Crippen LogP contribution in [-0.4, -0.2) is 75.2 Å². The standard InChI is InChI=1S/C24H43N5O/c1-6-7-8-9-16-30-23-17-20(2)10-11-22(23)19-27-24(25-4)26-18-21(3)29-14-12-28(5)13-15-29/h10-11,17,21H,6-9,12-16,18-19H2,1-5H3,(H2,25,26,27). The van der Waals surface area contributed by atoms with E-state index in [0.717, 1.165) is 57.5 Å². The summed E-state index contributed by atoms with van der Waals surface area (Å²) in [4.78, 5) is 9.34. The van der Waals surface area contributed by atoms with E-state index in [2.05, 4.69) is 71.4 Å². The SMILES string of the molecule is CCCCCCOc1cc(C)ccc1CNC(=NC)NCC(C)N1CCN(C)CC1. The first-order valence-electron chi connectivity index (χ1n) is 11.6. The molecule has 0 saturated carbocycles. The predicted octanol–water partition coefficient (Wildman–Crippen LogP) is 3.26. The number of benzene rings is 1. The maximum absolute atomic E-state index is 6.11. The second-order valence-electron chi connectivity index (χ2n) is 8.52. The van der Waals surface area contributed by atoms with Crippen LogP contribution in [0.2, 0.25) is 0 Å².